The molecule has 1 heterocycles. The van der Waals surface area contributed by atoms with Crippen LogP contribution in [0.4, 0.5) is 5.00 Å². The van der Waals surface area contributed by atoms with Gasteiger partial charge in [-0.15, -0.1) is 11.3 Å². The number of rotatable bonds is 8. The average Bonchev–Trinajstić information content (AvgIpc) is 3.52. The van der Waals surface area contributed by atoms with Crippen molar-refractivity contribution in [3.8, 4) is 11.5 Å². The van der Waals surface area contributed by atoms with Crippen molar-refractivity contribution in [3.63, 3.8) is 0 Å². The summed E-state index contributed by atoms with van der Waals surface area (Å²) in [6.07, 6.45) is 2.46. The summed E-state index contributed by atoms with van der Waals surface area (Å²) in [7, 11) is 1.44. The Morgan fingerprint density at radius 1 is 0.975 bits per heavy atom. The summed E-state index contributed by atoms with van der Waals surface area (Å²) in [4.78, 5) is 51.2. The number of methoxy groups -OCH3 is 1. The minimum absolute atomic E-state index is 0.201. The summed E-state index contributed by atoms with van der Waals surface area (Å²) < 4.78 is 16.0. The maximum Gasteiger partial charge on any atom is 0.343 e. The van der Waals surface area contributed by atoms with Crippen LogP contribution in [-0.2, 0) is 27.2 Å². The first-order valence-corrected chi connectivity index (χ1v) is 13.5. The lowest BCUT2D eigenvalue weighted by atomic mass is 10.1. The molecule has 0 unspecified atom stereocenters. The first-order valence-electron chi connectivity index (χ1n) is 12.7. The van der Waals surface area contributed by atoms with Crippen molar-refractivity contribution in [3.05, 3.63) is 75.2 Å². The molecule has 0 saturated heterocycles. The molecule has 10 nitrogen and oxygen atoms in total. The number of aryl methyl sites for hydroxylation is 2. The van der Waals surface area contributed by atoms with Gasteiger partial charge in [-0.25, -0.2) is 15.0 Å². The lowest BCUT2D eigenvalue weighted by Crippen LogP contribution is -2.33. The Morgan fingerprint density at radius 2 is 1.77 bits per heavy atom. The lowest BCUT2D eigenvalue weighted by Gasteiger charge is -2.11. The molecule has 11 heteroatoms. The van der Waals surface area contributed by atoms with Crippen LogP contribution < -0.4 is 20.2 Å². The van der Waals surface area contributed by atoms with Crippen molar-refractivity contribution >= 4 is 45.8 Å². The van der Waals surface area contributed by atoms with Gasteiger partial charge in [0, 0.05) is 10.4 Å². The Labute approximate surface area is 235 Å². The molecule has 0 spiro atoms. The van der Waals surface area contributed by atoms with Gasteiger partial charge in [0.25, 0.3) is 0 Å². The molecular formula is C29H29N3O7S. The van der Waals surface area contributed by atoms with Crippen LogP contribution in [0.2, 0.25) is 0 Å². The van der Waals surface area contributed by atoms with Gasteiger partial charge in [-0.1, -0.05) is 17.7 Å². The van der Waals surface area contributed by atoms with E-state index < -0.39 is 23.8 Å². The number of carbonyl (C=O) groups excluding carboxylic acids is 4. The van der Waals surface area contributed by atoms with Crippen molar-refractivity contribution in [2.45, 2.75) is 40.0 Å². The second-order valence-electron chi connectivity index (χ2n) is 9.00. The van der Waals surface area contributed by atoms with Gasteiger partial charge in [-0.05, 0) is 75.9 Å². The number of nitrogens with zero attached hydrogens (tertiary/aromatic N) is 1. The predicted octanol–water partition coefficient (Wildman–Crippen LogP) is 4.43. The van der Waals surface area contributed by atoms with E-state index in [1.807, 2.05) is 13.0 Å². The molecule has 0 bridgehead atoms. The fraction of sp³-hybridized carbons (Fsp3) is 0.276. The molecule has 40 heavy (non-hydrogen) atoms. The van der Waals surface area contributed by atoms with Crippen LogP contribution in [0, 0.1) is 6.92 Å². The number of fused-ring (bicyclic) bond motifs is 1. The van der Waals surface area contributed by atoms with Crippen LogP contribution in [-0.4, -0.2) is 43.2 Å². The van der Waals surface area contributed by atoms with E-state index in [1.54, 1.807) is 50.2 Å². The molecule has 3 aromatic rings. The van der Waals surface area contributed by atoms with E-state index in [9.17, 15) is 19.2 Å². The first-order chi connectivity index (χ1) is 19.2. The van der Waals surface area contributed by atoms with Gasteiger partial charge in [0.1, 0.15) is 5.00 Å². The van der Waals surface area contributed by atoms with Gasteiger partial charge in [-0.2, -0.15) is 5.10 Å². The van der Waals surface area contributed by atoms with Crippen molar-refractivity contribution < 1.29 is 33.4 Å². The zero-order valence-electron chi connectivity index (χ0n) is 22.6. The summed E-state index contributed by atoms with van der Waals surface area (Å²) in [6.45, 7) is 5.42. The minimum atomic E-state index is -1.00. The highest BCUT2D eigenvalue weighted by atomic mass is 32.1. The summed E-state index contributed by atoms with van der Waals surface area (Å²) in [5.74, 6) is -2.51. The highest BCUT2D eigenvalue weighted by Gasteiger charge is 2.29. The molecule has 0 fully saturated rings. The molecule has 2 aromatic carbocycles. The van der Waals surface area contributed by atoms with Gasteiger partial charge < -0.3 is 19.5 Å². The Morgan fingerprint density at radius 3 is 2.50 bits per heavy atom. The molecule has 1 aliphatic carbocycles. The molecular weight excluding hydrogens is 534 g/mol. The number of amides is 2. The monoisotopic (exact) mass is 563 g/mol. The molecule has 0 aliphatic heterocycles. The number of anilines is 1. The summed E-state index contributed by atoms with van der Waals surface area (Å²) in [5.41, 5.74) is 5.69. The number of ether oxygens (including phenoxy) is 3. The highest BCUT2D eigenvalue weighted by Crippen LogP contribution is 2.39. The fourth-order valence-electron chi connectivity index (χ4n) is 4.23. The highest BCUT2D eigenvalue weighted by molar-refractivity contribution is 7.17. The largest absolute Gasteiger partial charge is 0.493 e. The van der Waals surface area contributed by atoms with Crippen molar-refractivity contribution in [1.29, 1.82) is 0 Å². The normalized spacial score (nSPS) is 12.3. The van der Waals surface area contributed by atoms with Crippen LogP contribution in [0.3, 0.4) is 0 Å². The number of nitrogens with one attached hydrogen (secondary N) is 2. The Hall–Kier alpha value is -4.51. The zero-order chi connectivity index (χ0) is 28.8. The lowest BCUT2D eigenvalue weighted by molar-refractivity contribution is -0.136. The second-order valence-corrected chi connectivity index (χ2v) is 10.1. The average molecular weight is 564 g/mol. The van der Waals surface area contributed by atoms with Crippen LogP contribution in [0.15, 0.2) is 47.6 Å². The van der Waals surface area contributed by atoms with E-state index in [0.29, 0.717) is 27.4 Å². The number of hydrogen-bond donors (Lipinski definition) is 2. The Kier molecular flexibility index (Phi) is 8.95. The second kappa shape index (κ2) is 12.6. The summed E-state index contributed by atoms with van der Waals surface area (Å²) >= 11 is 1.28. The van der Waals surface area contributed by atoms with Crippen molar-refractivity contribution in [2.24, 2.45) is 5.10 Å². The number of carbonyl (C=O) groups is 4. The van der Waals surface area contributed by atoms with Gasteiger partial charge in [0.15, 0.2) is 11.5 Å². The molecule has 0 atom stereocenters. The third kappa shape index (κ3) is 6.37. The third-order valence-corrected chi connectivity index (χ3v) is 7.40. The molecule has 1 aliphatic rings. The summed E-state index contributed by atoms with van der Waals surface area (Å²) in [5, 5.41) is 6.85. The van der Waals surface area contributed by atoms with Crippen LogP contribution in [0.5, 0.6) is 11.5 Å². The molecule has 208 valence electrons. The Balaban J connectivity index is 1.42. The van der Waals surface area contributed by atoms with Gasteiger partial charge >= 0.3 is 23.8 Å². The molecule has 1 aromatic heterocycles. The predicted molar refractivity (Wildman–Crippen MR) is 150 cm³/mol. The zero-order valence-corrected chi connectivity index (χ0v) is 23.4. The van der Waals surface area contributed by atoms with Crippen molar-refractivity contribution in [2.75, 3.05) is 19.0 Å². The first kappa shape index (κ1) is 28.5. The van der Waals surface area contributed by atoms with E-state index in [4.69, 9.17) is 14.2 Å². The summed E-state index contributed by atoms with van der Waals surface area (Å²) in [6, 6.07) is 11.8. The topological polar surface area (TPSA) is 132 Å². The number of benzene rings is 2. The van der Waals surface area contributed by atoms with Gasteiger partial charge in [0.2, 0.25) is 0 Å². The van der Waals surface area contributed by atoms with Crippen LogP contribution in [0.25, 0.3) is 0 Å². The van der Waals surface area contributed by atoms with E-state index in [2.05, 4.69) is 15.8 Å². The minimum Gasteiger partial charge on any atom is -0.493 e. The van der Waals surface area contributed by atoms with Gasteiger partial charge in [0.05, 0.1) is 30.6 Å². The smallest absolute Gasteiger partial charge is 0.343 e. The molecule has 2 N–H and O–H groups in total. The quantitative estimate of drug-likeness (QED) is 0.136. The van der Waals surface area contributed by atoms with Crippen molar-refractivity contribution in [1.82, 2.24) is 5.43 Å². The third-order valence-electron chi connectivity index (χ3n) is 6.20. The van der Waals surface area contributed by atoms with E-state index in [-0.39, 0.29) is 18.1 Å². The standard InChI is InChI=1S/C29H29N3O7S/c1-5-38-29(36)24-20-10-7-11-23(20)40-27(24)30-25(33)26(34)32-31-17(3)18-12-13-21(22(15-18)37-4)39-28(35)19-9-6-8-16(2)14-19/h6,8-9,12-15H,5,7,10-11H2,1-4H3,(H,30,33)(H,32,34)/b31-17+. The maximum atomic E-state index is 12.6. The number of esters is 2. The number of hydrazone groups is 1. The Bertz CT molecular complexity index is 1510. The number of hydrogen-bond acceptors (Lipinski definition) is 9. The van der Waals surface area contributed by atoms with E-state index in [0.717, 1.165) is 35.3 Å². The van der Waals surface area contributed by atoms with Gasteiger partial charge in [-0.3, -0.25) is 9.59 Å². The fourth-order valence-corrected chi connectivity index (χ4v) is 5.50. The van der Waals surface area contributed by atoms with E-state index >= 15 is 0 Å². The molecule has 4 rings (SSSR count). The molecule has 0 radical (unpaired) electrons. The SMILES string of the molecule is CCOC(=O)c1c(NC(=O)C(=O)N/N=C(\C)c2ccc(OC(=O)c3cccc(C)c3)c(OC)c2)sc2c1CCC2. The molecule has 2 amide bonds. The van der Waals surface area contributed by atoms with E-state index in [1.165, 1.54) is 18.4 Å². The number of thiophene rings is 1. The van der Waals surface area contributed by atoms with Crippen LogP contribution >= 0.6 is 11.3 Å². The maximum absolute atomic E-state index is 12.6. The molecule has 0 saturated carbocycles. The van der Waals surface area contributed by atoms with Crippen LogP contribution in [0.1, 0.15) is 62.6 Å².